The van der Waals surface area contributed by atoms with Crippen LogP contribution in [0.5, 0.6) is 0 Å². The van der Waals surface area contributed by atoms with Gasteiger partial charge >= 0.3 is 0 Å². The quantitative estimate of drug-likeness (QED) is 0.807. The van der Waals surface area contributed by atoms with Gasteiger partial charge in [-0.3, -0.25) is 0 Å². The summed E-state index contributed by atoms with van der Waals surface area (Å²) in [5.41, 5.74) is 3.86. The monoisotopic (exact) mass is 228 g/mol. The van der Waals surface area contributed by atoms with E-state index in [1.165, 1.54) is 17.7 Å². The minimum atomic E-state index is -1.11. The molecular weight excluding hydrogens is 214 g/mol. The molecule has 1 aliphatic rings. The SMILES string of the molecule is C[C@@H]1CCc2[nH]c3ccc(C(=O)[O-])cc3c2C1. The van der Waals surface area contributed by atoms with Gasteiger partial charge in [0.1, 0.15) is 0 Å². The molecule has 0 spiro atoms. The Morgan fingerprint density at radius 1 is 1.47 bits per heavy atom. The normalized spacial score (nSPS) is 19.2. The van der Waals surface area contributed by atoms with Crippen LogP contribution in [0.1, 0.15) is 35.0 Å². The molecule has 0 fully saturated rings. The van der Waals surface area contributed by atoms with Gasteiger partial charge in [-0.05, 0) is 48.4 Å². The third-order valence-electron chi connectivity index (χ3n) is 3.67. The maximum atomic E-state index is 10.9. The zero-order chi connectivity index (χ0) is 12.0. The highest BCUT2D eigenvalue weighted by Crippen LogP contribution is 2.31. The second-order valence-corrected chi connectivity index (χ2v) is 4.98. The summed E-state index contributed by atoms with van der Waals surface area (Å²) in [4.78, 5) is 14.3. The van der Waals surface area contributed by atoms with Crippen LogP contribution >= 0.6 is 0 Å². The van der Waals surface area contributed by atoms with Crippen molar-refractivity contribution in [3.05, 3.63) is 35.0 Å². The summed E-state index contributed by atoms with van der Waals surface area (Å²) >= 11 is 0. The van der Waals surface area contributed by atoms with Crippen molar-refractivity contribution in [1.82, 2.24) is 4.98 Å². The number of nitrogens with one attached hydrogen (secondary N) is 1. The smallest absolute Gasteiger partial charge is 0.0715 e. The molecule has 1 N–H and O–H groups in total. The molecule has 0 unspecified atom stereocenters. The third-order valence-corrected chi connectivity index (χ3v) is 3.67. The molecule has 1 aromatic carbocycles. The number of aromatic carboxylic acids is 1. The van der Waals surface area contributed by atoms with E-state index in [0.717, 1.165) is 23.7 Å². The van der Waals surface area contributed by atoms with Gasteiger partial charge in [0.15, 0.2) is 0 Å². The van der Waals surface area contributed by atoms with Gasteiger partial charge in [-0.15, -0.1) is 0 Å². The lowest BCUT2D eigenvalue weighted by Gasteiger charge is -2.18. The van der Waals surface area contributed by atoms with Gasteiger partial charge in [0.2, 0.25) is 0 Å². The van der Waals surface area contributed by atoms with Crippen LogP contribution in [-0.2, 0) is 12.8 Å². The molecule has 2 aromatic rings. The van der Waals surface area contributed by atoms with Crippen molar-refractivity contribution in [2.75, 3.05) is 0 Å². The number of aromatic nitrogens is 1. The summed E-state index contributed by atoms with van der Waals surface area (Å²) in [6.45, 7) is 2.24. The highest BCUT2D eigenvalue weighted by Gasteiger charge is 2.19. The Bertz CT molecular complexity index is 598. The van der Waals surface area contributed by atoms with E-state index in [9.17, 15) is 9.90 Å². The lowest BCUT2D eigenvalue weighted by atomic mass is 9.87. The van der Waals surface area contributed by atoms with E-state index in [0.29, 0.717) is 5.92 Å². The van der Waals surface area contributed by atoms with E-state index in [1.54, 1.807) is 12.1 Å². The van der Waals surface area contributed by atoms with Gasteiger partial charge in [0.05, 0.1) is 5.97 Å². The maximum absolute atomic E-state index is 10.9. The van der Waals surface area contributed by atoms with Crippen LogP contribution < -0.4 is 5.11 Å². The molecule has 0 saturated carbocycles. The summed E-state index contributed by atoms with van der Waals surface area (Å²) in [6, 6.07) is 5.17. The van der Waals surface area contributed by atoms with Gasteiger partial charge in [0, 0.05) is 16.6 Å². The fourth-order valence-electron chi connectivity index (χ4n) is 2.72. The predicted octanol–water partition coefficient (Wildman–Crippen LogP) is 1.66. The molecule has 17 heavy (non-hydrogen) atoms. The van der Waals surface area contributed by atoms with E-state index < -0.39 is 5.97 Å². The van der Waals surface area contributed by atoms with E-state index in [2.05, 4.69) is 11.9 Å². The van der Waals surface area contributed by atoms with E-state index >= 15 is 0 Å². The molecule has 1 atom stereocenters. The number of H-pyrrole nitrogens is 1. The highest BCUT2D eigenvalue weighted by molar-refractivity contribution is 5.94. The first-order valence-electron chi connectivity index (χ1n) is 6.00. The number of benzene rings is 1. The van der Waals surface area contributed by atoms with Crippen LogP contribution in [0.2, 0.25) is 0 Å². The first-order chi connectivity index (χ1) is 8.15. The number of hydrogen-bond acceptors (Lipinski definition) is 2. The molecule has 3 rings (SSSR count). The molecule has 3 heteroatoms. The predicted molar refractivity (Wildman–Crippen MR) is 63.8 cm³/mol. The topological polar surface area (TPSA) is 55.9 Å². The Hall–Kier alpha value is -1.77. The van der Waals surface area contributed by atoms with Crippen LogP contribution in [0.4, 0.5) is 0 Å². The number of carbonyl (C=O) groups is 1. The Kier molecular flexibility index (Phi) is 2.21. The number of carboxylic acids is 1. The van der Waals surface area contributed by atoms with Crippen molar-refractivity contribution in [2.45, 2.75) is 26.2 Å². The molecule has 1 aliphatic carbocycles. The van der Waals surface area contributed by atoms with Crippen molar-refractivity contribution in [3.63, 3.8) is 0 Å². The first kappa shape index (κ1) is 10.4. The van der Waals surface area contributed by atoms with Crippen LogP contribution in [0.3, 0.4) is 0 Å². The number of carbonyl (C=O) groups excluding carboxylic acids is 1. The minimum Gasteiger partial charge on any atom is -0.545 e. The van der Waals surface area contributed by atoms with Gasteiger partial charge in [-0.25, -0.2) is 0 Å². The molecule has 0 saturated heterocycles. The molecule has 3 nitrogen and oxygen atoms in total. The molecule has 0 bridgehead atoms. The van der Waals surface area contributed by atoms with E-state index in [-0.39, 0.29) is 5.56 Å². The minimum absolute atomic E-state index is 0.262. The zero-order valence-electron chi connectivity index (χ0n) is 9.75. The van der Waals surface area contributed by atoms with Crippen LogP contribution in [0, 0.1) is 5.92 Å². The molecule has 0 radical (unpaired) electrons. The summed E-state index contributed by atoms with van der Waals surface area (Å²) in [5, 5.41) is 11.9. The number of aryl methyl sites for hydroxylation is 1. The van der Waals surface area contributed by atoms with Gasteiger partial charge in [-0.2, -0.15) is 0 Å². The van der Waals surface area contributed by atoms with Gasteiger partial charge in [-0.1, -0.05) is 13.0 Å². The average molecular weight is 228 g/mol. The molecule has 0 aliphatic heterocycles. The Morgan fingerprint density at radius 3 is 3.06 bits per heavy atom. The van der Waals surface area contributed by atoms with Gasteiger partial charge < -0.3 is 14.9 Å². The molecule has 0 amide bonds. The lowest BCUT2D eigenvalue weighted by molar-refractivity contribution is -0.255. The Balaban J connectivity index is 2.21. The van der Waals surface area contributed by atoms with Crippen molar-refractivity contribution >= 4 is 16.9 Å². The summed E-state index contributed by atoms with van der Waals surface area (Å²) in [5.74, 6) is -0.432. The van der Waals surface area contributed by atoms with Crippen LogP contribution in [0.25, 0.3) is 10.9 Å². The zero-order valence-corrected chi connectivity index (χ0v) is 9.75. The molecule has 1 heterocycles. The lowest BCUT2D eigenvalue weighted by Crippen LogP contribution is -2.22. The van der Waals surface area contributed by atoms with E-state index in [4.69, 9.17) is 0 Å². The van der Waals surface area contributed by atoms with Crippen molar-refractivity contribution in [1.29, 1.82) is 0 Å². The Morgan fingerprint density at radius 2 is 2.29 bits per heavy atom. The largest absolute Gasteiger partial charge is 0.545 e. The van der Waals surface area contributed by atoms with Crippen molar-refractivity contribution in [2.24, 2.45) is 5.92 Å². The number of fused-ring (bicyclic) bond motifs is 3. The summed E-state index contributed by atoms with van der Waals surface area (Å²) in [7, 11) is 0. The third kappa shape index (κ3) is 1.62. The maximum Gasteiger partial charge on any atom is 0.0715 e. The standard InChI is InChI=1S/C14H15NO2/c1-8-2-4-12-10(6-8)11-7-9(14(16)17)3-5-13(11)15-12/h3,5,7-8,15H,2,4,6H2,1H3,(H,16,17)/p-1/t8-/m1/s1. The molecular formula is C14H14NO2-. The van der Waals surface area contributed by atoms with Crippen molar-refractivity contribution < 1.29 is 9.90 Å². The highest BCUT2D eigenvalue weighted by atomic mass is 16.4. The average Bonchev–Trinajstić information content (AvgIpc) is 2.66. The first-order valence-corrected chi connectivity index (χ1v) is 6.00. The molecule has 1 aromatic heterocycles. The number of aromatic amines is 1. The second kappa shape index (κ2) is 3.62. The number of carboxylic acid groups (broad SMARTS) is 1. The molecule has 88 valence electrons. The van der Waals surface area contributed by atoms with Crippen molar-refractivity contribution in [3.8, 4) is 0 Å². The second-order valence-electron chi connectivity index (χ2n) is 4.98. The summed E-state index contributed by atoms with van der Waals surface area (Å²) < 4.78 is 0. The number of hydrogen-bond donors (Lipinski definition) is 1. The van der Waals surface area contributed by atoms with E-state index in [1.807, 2.05) is 6.07 Å². The van der Waals surface area contributed by atoms with Crippen LogP contribution in [0.15, 0.2) is 18.2 Å². The fraction of sp³-hybridized carbons (Fsp3) is 0.357. The Labute approximate surface area is 99.5 Å². The number of rotatable bonds is 1. The summed E-state index contributed by atoms with van der Waals surface area (Å²) in [6.07, 6.45) is 3.30. The fourth-order valence-corrected chi connectivity index (χ4v) is 2.72. The van der Waals surface area contributed by atoms with Gasteiger partial charge in [0.25, 0.3) is 0 Å². The van der Waals surface area contributed by atoms with Crippen LogP contribution in [-0.4, -0.2) is 11.0 Å².